The Hall–Kier alpha value is -4.72. The molecular weight excluding hydrogens is 575 g/mol. The highest BCUT2D eigenvalue weighted by atomic mass is 19.4. The summed E-state index contributed by atoms with van der Waals surface area (Å²) in [6, 6.07) is 30.8. The maximum absolute atomic E-state index is 14.3. The molecule has 1 aliphatic rings. The number of aromatic nitrogens is 1. The first-order valence-electron chi connectivity index (χ1n) is 15.2. The smallest absolute Gasteiger partial charge is 0.341 e. The number of carbonyl (C=O) groups excluding carboxylic acids is 2. The molecule has 2 heterocycles. The quantitative estimate of drug-likeness (QED) is 0.178. The molecule has 5 rings (SSSR count). The fourth-order valence-electron chi connectivity index (χ4n) is 5.74. The standard InChI is InChI=1S/C37H36F3N3O2/c38-37(39,40)34-18-16-31(26-41-34)17-19-35(44)43(27-32-14-8-3-9-15-32)33(25-29-12-6-2-7-13-29)36(45)42-22-20-30(21-23-42)24-28-10-4-1-5-11-28/h1-19,26,30,33H,20-25,27H2/t33-/m0/s1. The molecule has 1 fully saturated rings. The van der Waals surface area contributed by atoms with Crippen LogP contribution in [0.15, 0.2) is 115 Å². The van der Waals surface area contributed by atoms with Crippen molar-refractivity contribution in [1.82, 2.24) is 14.8 Å². The number of hydrogen-bond acceptors (Lipinski definition) is 3. The molecule has 3 aromatic carbocycles. The summed E-state index contributed by atoms with van der Waals surface area (Å²) < 4.78 is 39.0. The van der Waals surface area contributed by atoms with Crippen LogP contribution in [0.25, 0.3) is 6.08 Å². The molecule has 4 aromatic rings. The number of benzene rings is 3. The van der Waals surface area contributed by atoms with E-state index in [9.17, 15) is 22.8 Å². The Kier molecular flexibility index (Phi) is 10.5. The Labute approximate surface area is 262 Å². The number of nitrogens with zero attached hydrogens (tertiary/aromatic N) is 3. The van der Waals surface area contributed by atoms with Gasteiger partial charge in [-0.15, -0.1) is 0 Å². The van der Waals surface area contributed by atoms with Crippen molar-refractivity contribution in [2.45, 2.75) is 44.4 Å². The topological polar surface area (TPSA) is 53.5 Å². The summed E-state index contributed by atoms with van der Waals surface area (Å²) >= 11 is 0. The normalized spacial score (nSPS) is 14.8. The summed E-state index contributed by atoms with van der Waals surface area (Å²) in [5, 5.41) is 0. The number of rotatable bonds is 10. The van der Waals surface area contributed by atoms with Crippen LogP contribution in [0.3, 0.4) is 0 Å². The lowest BCUT2D eigenvalue weighted by Crippen LogP contribution is -2.53. The zero-order valence-corrected chi connectivity index (χ0v) is 24.9. The first-order chi connectivity index (χ1) is 21.8. The highest BCUT2D eigenvalue weighted by Gasteiger charge is 2.35. The molecule has 1 aliphatic heterocycles. The Morgan fingerprint density at radius 3 is 1.96 bits per heavy atom. The van der Waals surface area contributed by atoms with E-state index in [4.69, 9.17) is 0 Å². The van der Waals surface area contributed by atoms with Gasteiger partial charge in [-0.25, -0.2) is 0 Å². The van der Waals surface area contributed by atoms with Crippen LogP contribution in [0.5, 0.6) is 0 Å². The van der Waals surface area contributed by atoms with Gasteiger partial charge in [0, 0.05) is 38.3 Å². The largest absolute Gasteiger partial charge is 0.433 e. The van der Waals surface area contributed by atoms with E-state index in [0.29, 0.717) is 31.0 Å². The minimum absolute atomic E-state index is 0.106. The number of amides is 2. The highest BCUT2D eigenvalue weighted by Crippen LogP contribution is 2.28. The molecule has 5 nitrogen and oxygen atoms in total. The van der Waals surface area contributed by atoms with Crippen molar-refractivity contribution in [3.05, 3.63) is 143 Å². The van der Waals surface area contributed by atoms with E-state index in [1.165, 1.54) is 23.8 Å². The van der Waals surface area contributed by atoms with Crippen LogP contribution < -0.4 is 0 Å². The van der Waals surface area contributed by atoms with Crippen molar-refractivity contribution in [2.75, 3.05) is 13.1 Å². The van der Waals surface area contributed by atoms with Gasteiger partial charge in [-0.05, 0) is 59.6 Å². The third kappa shape index (κ3) is 8.91. The SMILES string of the molecule is O=C([C@H](Cc1ccccc1)N(Cc1ccccc1)C(=O)C=Cc1ccc(C(F)(F)F)nc1)N1CCC(Cc2ccccc2)CC1. The molecule has 0 saturated carbocycles. The molecule has 0 aliphatic carbocycles. The molecule has 0 unspecified atom stereocenters. The predicted molar refractivity (Wildman–Crippen MR) is 169 cm³/mol. The van der Waals surface area contributed by atoms with Crippen LogP contribution in [-0.2, 0) is 35.2 Å². The summed E-state index contributed by atoms with van der Waals surface area (Å²) in [5.41, 5.74) is 2.43. The molecule has 0 radical (unpaired) electrons. The van der Waals surface area contributed by atoms with Gasteiger partial charge in [0.25, 0.3) is 0 Å². The van der Waals surface area contributed by atoms with Gasteiger partial charge in [0.05, 0.1) is 0 Å². The summed E-state index contributed by atoms with van der Waals surface area (Å²) in [5.74, 6) is -0.0377. The number of hydrogen-bond donors (Lipinski definition) is 0. The van der Waals surface area contributed by atoms with Crippen molar-refractivity contribution in [3.8, 4) is 0 Å². The minimum atomic E-state index is -4.55. The van der Waals surface area contributed by atoms with Crippen molar-refractivity contribution < 1.29 is 22.8 Å². The molecule has 1 saturated heterocycles. The Balaban J connectivity index is 1.39. The maximum atomic E-state index is 14.3. The number of halogens is 3. The fraction of sp³-hybridized carbons (Fsp3) is 0.270. The van der Waals surface area contributed by atoms with Crippen molar-refractivity contribution >= 4 is 17.9 Å². The average Bonchev–Trinajstić information content (AvgIpc) is 3.06. The highest BCUT2D eigenvalue weighted by molar-refractivity contribution is 5.95. The van der Waals surface area contributed by atoms with Crippen LogP contribution >= 0.6 is 0 Å². The number of carbonyl (C=O) groups is 2. The first kappa shape index (κ1) is 31.7. The summed E-state index contributed by atoms with van der Waals surface area (Å²) in [4.78, 5) is 35.1. The van der Waals surface area contributed by atoms with Crippen LogP contribution in [0.1, 0.15) is 40.8 Å². The number of pyridine rings is 1. The zero-order valence-electron chi connectivity index (χ0n) is 24.9. The Morgan fingerprint density at radius 2 is 1.40 bits per heavy atom. The minimum Gasteiger partial charge on any atom is -0.341 e. The van der Waals surface area contributed by atoms with E-state index in [2.05, 4.69) is 17.1 Å². The van der Waals surface area contributed by atoms with Crippen LogP contribution in [0.4, 0.5) is 13.2 Å². The van der Waals surface area contributed by atoms with Gasteiger partial charge in [0.1, 0.15) is 11.7 Å². The van der Waals surface area contributed by atoms with E-state index < -0.39 is 23.8 Å². The average molecular weight is 612 g/mol. The molecule has 0 spiro atoms. The third-order valence-corrected chi connectivity index (χ3v) is 8.20. The first-order valence-corrected chi connectivity index (χ1v) is 15.2. The zero-order chi connectivity index (χ0) is 31.6. The molecular formula is C37H36F3N3O2. The number of likely N-dealkylation sites (tertiary alicyclic amines) is 1. The molecule has 0 bridgehead atoms. The van der Waals surface area contributed by atoms with Gasteiger partial charge in [0.2, 0.25) is 11.8 Å². The van der Waals surface area contributed by atoms with Crippen LogP contribution in [0.2, 0.25) is 0 Å². The Bertz CT molecular complexity index is 1550. The summed E-state index contributed by atoms with van der Waals surface area (Å²) in [6.07, 6.45) is 2.35. The number of alkyl halides is 3. The maximum Gasteiger partial charge on any atom is 0.433 e. The second kappa shape index (κ2) is 14.8. The molecule has 8 heteroatoms. The van der Waals surface area contributed by atoms with Gasteiger partial charge < -0.3 is 9.80 Å². The van der Waals surface area contributed by atoms with Gasteiger partial charge in [0.15, 0.2) is 0 Å². The van der Waals surface area contributed by atoms with Crippen molar-refractivity contribution in [3.63, 3.8) is 0 Å². The Morgan fingerprint density at radius 1 is 0.822 bits per heavy atom. The van der Waals surface area contributed by atoms with E-state index in [1.807, 2.05) is 83.8 Å². The lowest BCUT2D eigenvalue weighted by atomic mass is 9.89. The van der Waals surface area contributed by atoms with Gasteiger partial charge >= 0.3 is 6.18 Å². The molecule has 1 atom stereocenters. The van der Waals surface area contributed by atoms with Gasteiger partial charge in [-0.3, -0.25) is 14.6 Å². The van der Waals surface area contributed by atoms with Crippen molar-refractivity contribution in [2.24, 2.45) is 5.92 Å². The third-order valence-electron chi connectivity index (χ3n) is 8.20. The van der Waals surface area contributed by atoms with E-state index in [-0.39, 0.29) is 12.5 Å². The van der Waals surface area contributed by atoms with Gasteiger partial charge in [-0.2, -0.15) is 13.2 Å². The second-order valence-electron chi connectivity index (χ2n) is 11.4. The fourth-order valence-corrected chi connectivity index (χ4v) is 5.74. The van der Waals surface area contributed by atoms with E-state index in [0.717, 1.165) is 42.7 Å². The molecule has 232 valence electrons. The molecule has 45 heavy (non-hydrogen) atoms. The van der Waals surface area contributed by atoms with Crippen LogP contribution in [-0.4, -0.2) is 45.7 Å². The van der Waals surface area contributed by atoms with Crippen molar-refractivity contribution in [1.29, 1.82) is 0 Å². The lowest BCUT2D eigenvalue weighted by molar-refractivity contribution is -0.145. The number of piperidine rings is 1. The second-order valence-corrected chi connectivity index (χ2v) is 11.4. The van der Waals surface area contributed by atoms with Crippen LogP contribution in [0, 0.1) is 5.92 Å². The summed E-state index contributed by atoms with van der Waals surface area (Å²) in [6.45, 7) is 1.42. The predicted octanol–water partition coefficient (Wildman–Crippen LogP) is 7.24. The van der Waals surface area contributed by atoms with E-state index in [1.54, 1.807) is 4.90 Å². The van der Waals surface area contributed by atoms with Gasteiger partial charge in [-0.1, -0.05) is 97.1 Å². The molecule has 2 amide bonds. The monoisotopic (exact) mass is 611 g/mol. The lowest BCUT2D eigenvalue weighted by Gasteiger charge is -2.38. The molecule has 0 N–H and O–H groups in total. The van der Waals surface area contributed by atoms with E-state index >= 15 is 0 Å². The molecule has 1 aromatic heterocycles. The summed E-state index contributed by atoms with van der Waals surface area (Å²) in [7, 11) is 0.